The number of nitrogens with one attached hydrogen (secondary N) is 1. The number of rotatable bonds is 6. The third-order valence-electron chi connectivity index (χ3n) is 5.87. The number of aromatic amines is 1. The van der Waals surface area contributed by atoms with E-state index in [1.165, 1.54) is 0 Å². The molecule has 1 aromatic carbocycles. The van der Waals surface area contributed by atoms with Crippen LogP contribution in [0.4, 0.5) is 0 Å². The lowest BCUT2D eigenvalue weighted by Crippen LogP contribution is -2.11. The zero-order valence-corrected chi connectivity index (χ0v) is 18.0. The van der Waals surface area contributed by atoms with Crippen molar-refractivity contribution in [2.75, 3.05) is 0 Å². The van der Waals surface area contributed by atoms with Crippen molar-refractivity contribution in [3.63, 3.8) is 0 Å². The van der Waals surface area contributed by atoms with Gasteiger partial charge >= 0.3 is 5.97 Å². The molecule has 1 aliphatic carbocycles. The summed E-state index contributed by atoms with van der Waals surface area (Å²) in [6, 6.07) is 12.7. The van der Waals surface area contributed by atoms with Gasteiger partial charge in [-0.15, -0.1) is 0 Å². The maximum absolute atomic E-state index is 12.7. The fourth-order valence-corrected chi connectivity index (χ4v) is 4.17. The first-order valence-corrected chi connectivity index (χ1v) is 10.6. The van der Waals surface area contributed by atoms with Gasteiger partial charge in [-0.1, -0.05) is 23.7 Å². The molecular weight excluding hydrogens is 430 g/mol. The number of fused-ring (bicyclic) bond motifs is 1. The topological polar surface area (TPSA) is 96.7 Å². The van der Waals surface area contributed by atoms with E-state index in [1.807, 2.05) is 41.8 Å². The van der Waals surface area contributed by atoms with Crippen LogP contribution in [0, 0.1) is 12.8 Å². The second kappa shape index (κ2) is 7.84. The number of carboxylic acid groups (broad SMARTS) is 1. The standard InChI is InChI=1S/C24H20ClN3O4/c1-13-22(17-10-18(17)24(30)31)27-20-7-4-15(11-28(13)20)21-19(8-9-26-23(21)29)32-12-14-2-5-16(25)6-3-14/h2-9,11,17-18H,10,12H2,1H3,(H,26,29)(H,30,31). The van der Waals surface area contributed by atoms with Gasteiger partial charge < -0.3 is 19.2 Å². The molecule has 0 spiro atoms. The highest BCUT2D eigenvalue weighted by atomic mass is 35.5. The van der Waals surface area contributed by atoms with Crippen molar-refractivity contribution >= 4 is 23.2 Å². The highest BCUT2D eigenvalue weighted by Crippen LogP contribution is 2.48. The predicted molar refractivity (Wildman–Crippen MR) is 120 cm³/mol. The Morgan fingerprint density at radius 3 is 2.75 bits per heavy atom. The highest BCUT2D eigenvalue weighted by molar-refractivity contribution is 6.30. The number of pyridine rings is 2. The number of halogens is 1. The normalized spacial score (nSPS) is 17.4. The second-order valence-electron chi connectivity index (χ2n) is 7.98. The van der Waals surface area contributed by atoms with Gasteiger partial charge in [0.2, 0.25) is 0 Å². The van der Waals surface area contributed by atoms with Crippen molar-refractivity contribution < 1.29 is 14.6 Å². The Balaban J connectivity index is 1.49. The Morgan fingerprint density at radius 2 is 2.03 bits per heavy atom. The van der Waals surface area contributed by atoms with Crippen molar-refractivity contribution in [3.05, 3.63) is 87.2 Å². The van der Waals surface area contributed by atoms with E-state index in [2.05, 4.69) is 9.97 Å². The van der Waals surface area contributed by atoms with E-state index in [0.29, 0.717) is 40.6 Å². The van der Waals surface area contributed by atoms with Crippen molar-refractivity contribution in [2.45, 2.75) is 25.9 Å². The lowest BCUT2D eigenvalue weighted by molar-refractivity contribution is -0.138. The van der Waals surface area contributed by atoms with Gasteiger partial charge in [-0.2, -0.15) is 0 Å². The summed E-state index contributed by atoms with van der Waals surface area (Å²) >= 11 is 5.94. The third kappa shape index (κ3) is 3.65. The molecule has 2 atom stereocenters. The van der Waals surface area contributed by atoms with Gasteiger partial charge in [-0.3, -0.25) is 9.59 Å². The minimum atomic E-state index is -0.787. The summed E-state index contributed by atoms with van der Waals surface area (Å²) in [5, 5.41) is 9.91. The molecular formula is C24H20ClN3O4. The van der Waals surface area contributed by atoms with E-state index in [0.717, 1.165) is 17.0 Å². The van der Waals surface area contributed by atoms with E-state index in [-0.39, 0.29) is 17.4 Å². The summed E-state index contributed by atoms with van der Waals surface area (Å²) in [5.41, 5.74) is 4.18. The number of carboxylic acids is 1. The van der Waals surface area contributed by atoms with Crippen LogP contribution in [0.2, 0.25) is 5.02 Å². The molecule has 3 heterocycles. The van der Waals surface area contributed by atoms with E-state index in [9.17, 15) is 14.7 Å². The minimum Gasteiger partial charge on any atom is -0.488 e. The number of carbonyl (C=O) groups is 1. The van der Waals surface area contributed by atoms with E-state index in [4.69, 9.17) is 16.3 Å². The molecule has 3 aromatic heterocycles. The molecule has 0 amide bonds. The molecule has 1 fully saturated rings. The van der Waals surface area contributed by atoms with Gasteiger partial charge in [-0.25, -0.2) is 4.98 Å². The molecule has 32 heavy (non-hydrogen) atoms. The van der Waals surface area contributed by atoms with Crippen LogP contribution >= 0.6 is 11.6 Å². The number of ether oxygens (including phenoxy) is 1. The summed E-state index contributed by atoms with van der Waals surface area (Å²) in [4.78, 5) is 31.3. The number of aliphatic carboxylic acids is 1. The van der Waals surface area contributed by atoms with Crippen LogP contribution in [0.5, 0.6) is 5.75 Å². The quantitative estimate of drug-likeness (QED) is 0.454. The molecule has 1 aliphatic rings. The Bertz CT molecular complexity index is 1390. The summed E-state index contributed by atoms with van der Waals surface area (Å²) in [5.74, 6) is -0.753. The first kappa shape index (κ1) is 20.3. The Kier molecular flexibility index (Phi) is 4.98. The number of aromatic nitrogens is 3. The number of aryl methyl sites for hydroxylation is 1. The third-order valence-corrected chi connectivity index (χ3v) is 6.12. The van der Waals surface area contributed by atoms with E-state index >= 15 is 0 Å². The fourth-order valence-electron chi connectivity index (χ4n) is 4.05. The number of imidazole rings is 1. The zero-order valence-electron chi connectivity index (χ0n) is 17.2. The lowest BCUT2D eigenvalue weighted by atomic mass is 10.1. The van der Waals surface area contributed by atoms with Crippen LogP contribution in [0.1, 0.15) is 29.3 Å². The molecule has 4 aromatic rings. The monoisotopic (exact) mass is 449 g/mol. The summed E-state index contributed by atoms with van der Waals surface area (Å²) in [6.45, 7) is 2.21. The summed E-state index contributed by atoms with van der Waals surface area (Å²) in [6.07, 6.45) is 4.01. The Hall–Kier alpha value is -3.58. The molecule has 0 radical (unpaired) electrons. The van der Waals surface area contributed by atoms with E-state index in [1.54, 1.807) is 24.4 Å². The zero-order chi connectivity index (χ0) is 22.4. The van der Waals surface area contributed by atoms with Crippen LogP contribution < -0.4 is 10.3 Å². The number of nitrogens with zero attached hydrogens (tertiary/aromatic N) is 2. The van der Waals surface area contributed by atoms with Crippen molar-refractivity contribution in [1.82, 2.24) is 14.4 Å². The first-order chi connectivity index (χ1) is 15.4. The Labute approximate surface area is 188 Å². The van der Waals surface area contributed by atoms with Crippen LogP contribution in [-0.4, -0.2) is 25.4 Å². The molecule has 7 nitrogen and oxygen atoms in total. The number of benzene rings is 1. The minimum absolute atomic E-state index is 0.0609. The van der Waals surface area contributed by atoms with Gasteiger partial charge in [0, 0.05) is 34.6 Å². The number of hydrogen-bond donors (Lipinski definition) is 2. The fraction of sp³-hybridized carbons (Fsp3) is 0.208. The van der Waals surface area contributed by atoms with Gasteiger partial charge in [0.1, 0.15) is 18.0 Å². The van der Waals surface area contributed by atoms with Gasteiger partial charge in [-0.05, 0) is 49.2 Å². The molecule has 1 saturated carbocycles. The molecule has 0 saturated heterocycles. The predicted octanol–water partition coefficient (Wildman–Crippen LogP) is 4.42. The molecule has 0 aliphatic heterocycles. The van der Waals surface area contributed by atoms with Gasteiger partial charge in [0.05, 0.1) is 17.2 Å². The molecule has 5 rings (SSSR count). The van der Waals surface area contributed by atoms with Crippen LogP contribution in [-0.2, 0) is 11.4 Å². The molecule has 2 N–H and O–H groups in total. The van der Waals surface area contributed by atoms with Crippen molar-refractivity contribution in [3.8, 4) is 16.9 Å². The number of H-pyrrole nitrogens is 1. The van der Waals surface area contributed by atoms with Crippen molar-refractivity contribution in [2.24, 2.45) is 5.92 Å². The SMILES string of the molecule is Cc1c(C2CC2C(=O)O)nc2ccc(-c3c(OCc4ccc(Cl)cc4)cc[nH]c3=O)cn12. The summed E-state index contributed by atoms with van der Waals surface area (Å²) < 4.78 is 7.88. The average molecular weight is 450 g/mol. The van der Waals surface area contributed by atoms with Gasteiger partial charge in [0.25, 0.3) is 5.56 Å². The van der Waals surface area contributed by atoms with Crippen LogP contribution in [0.15, 0.2) is 59.7 Å². The molecule has 0 bridgehead atoms. The van der Waals surface area contributed by atoms with Gasteiger partial charge in [0.15, 0.2) is 0 Å². The molecule has 162 valence electrons. The van der Waals surface area contributed by atoms with Crippen LogP contribution in [0.25, 0.3) is 16.8 Å². The average Bonchev–Trinajstić information content (AvgIpc) is 3.52. The molecule has 2 unspecified atom stereocenters. The van der Waals surface area contributed by atoms with E-state index < -0.39 is 5.97 Å². The first-order valence-electron chi connectivity index (χ1n) is 10.2. The van der Waals surface area contributed by atoms with Crippen molar-refractivity contribution in [1.29, 1.82) is 0 Å². The second-order valence-corrected chi connectivity index (χ2v) is 8.41. The Morgan fingerprint density at radius 1 is 1.25 bits per heavy atom. The smallest absolute Gasteiger partial charge is 0.307 e. The lowest BCUT2D eigenvalue weighted by Gasteiger charge is -2.11. The highest BCUT2D eigenvalue weighted by Gasteiger charge is 2.46. The maximum atomic E-state index is 12.7. The largest absolute Gasteiger partial charge is 0.488 e. The maximum Gasteiger partial charge on any atom is 0.307 e. The number of hydrogen-bond acceptors (Lipinski definition) is 4. The van der Waals surface area contributed by atoms with Crippen LogP contribution in [0.3, 0.4) is 0 Å². The summed E-state index contributed by atoms with van der Waals surface area (Å²) in [7, 11) is 0. The molecule has 8 heteroatoms.